The van der Waals surface area contributed by atoms with Gasteiger partial charge >= 0.3 is 0 Å². The normalized spacial score (nSPS) is 13.5. The Balaban J connectivity index is 2.61. The van der Waals surface area contributed by atoms with Gasteiger partial charge in [-0.2, -0.15) is 0 Å². The molecule has 0 N–H and O–H groups in total. The third kappa shape index (κ3) is 1.54. The number of alkyl halides is 1. The number of hydrogen-bond donors (Lipinski definition) is 0. The Kier molecular flexibility index (Phi) is 2.00. The average Bonchev–Trinajstić information content (AvgIpc) is 2.42. The first kappa shape index (κ1) is 8.57. The summed E-state index contributed by atoms with van der Waals surface area (Å²) in [5.41, 5.74) is 2.77. The van der Waals surface area contributed by atoms with Crippen molar-refractivity contribution in [1.82, 2.24) is 4.98 Å². The van der Waals surface area contributed by atoms with Crippen molar-refractivity contribution in [3.8, 4) is 0 Å². The molecule has 68 valence electrons. The van der Waals surface area contributed by atoms with Gasteiger partial charge in [-0.3, -0.25) is 0 Å². The number of aromatic nitrogens is 1. The van der Waals surface area contributed by atoms with Crippen molar-refractivity contribution in [3.05, 3.63) is 29.7 Å². The van der Waals surface area contributed by atoms with Gasteiger partial charge < -0.3 is 4.42 Å². The van der Waals surface area contributed by atoms with Crippen LogP contribution in [0.5, 0.6) is 0 Å². The van der Waals surface area contributed by atoms with Gasteiger partial charge in [0.1, 0.15) is 5.52 Å². The van der Waals surface area contributed by atoms with Gasteiger partial charge in [0.05, 0.1) is 5.38 Å². The number of aryl methyl sites for hydroxylation is 1. The van der Waals surface area contributed by atoms with E-state index in [-0.39, 0.29) is 5.38 Å². The molecule has 1 unspecified atom stereocenters. The second kappa shape index (κ2) is 3.04. The van der Waals surface area contributed by atoms with Crippen molar-refractivity contribution in [1.29, 1.82) is 0 Å². The van der Waals surface area contributed by atoms with Crippen LogP contribution < -0.4 is 0 Å². The summed E-state index contributed by atoms with van der Waals surface area (Å²) in [6.45, 7) is 3.78. The van der Waals surface area contributed by atoms with Crippen LogP contribution in [0.15, 0.2) is 22.6 Å². The second-order valence-electron chi connectivity index (χ2n) is 3.08. The highest BCUT2D eigenvalue weighted by Crippen LogP contribution is 2.24. The molecule has 0 aliphatic rings. The van der Waals surface area contributed by atoms with E-state index >= 15 is 0 Å². The Morgan fingerprint density at radius 2 is 2.23 bits per heavy atom. The van der Waals surface area contributed by atoms with Crippen LogP contribution in [0, 0.1) is 6.92 Å². The fourth-order valence-electron chi connectivity index (χ4n) is 1.31. The molecule has 0 radical (unpaired) electrons. The molecule has 0 amide bonds. The van der Waals surface area contributed by atoms with Crippen LogP contribution in [-0.2, 0) is 0 Å². The number of hydrogen-bond acceptors (Lipinski definition) is 2. The van der Waals surface area contributed by atoms with Crippen molar-refractivity contribution in [3.63, 3.8) is 0 Å². The van der Waals surface area contributed by atoms with Crippen molar-refractivity contribution < 1.29 is 4.42 Å². The third-order valence-corrected chi connectivity index (χ3v) is 2.23. The molecule has 2 nitrogen and oxygen atoms in total. The maximum absolute atomic E-state index is 5.95. The summed E-state index contributed by atoms with van der Waals surface area (Å²) in [6, 6.07) is 5.83. The molecule has 1 atom stereocenters. The maximum Gasteiger partial charge on any atom is 0.192 e. The summed E-state index contributed by atoms with van der Waals surface area (Å²) < 4.78 is 5.35. The predicted octanol–water partition coefficient (Wildman–Crippen LogP) is 3.44. The van der Waals surface area contributed by atoms with Crippen molar-refractivity contribution >= 4 is 22.7 Å². The van der Waals surface area contributed by atoms with E-state index in [0.29, 0.717) is 5.89 Å². The monoisotopic (exact) mass is 195 g/mol. The van der Waals surface area contributed by atoms with Crippen LogP contribution in [-0.4, -0.2) is 4.98 Å². The molecule has 0 saturated heterocycles. The highest BCUT2D eigenvalue weighted by Gasteiger charge is 2.05. The Labute approximate surface area is 81.5 Å². The van der Waals surface area contributed by atoms with Crippen LogP contribution in [0.25, 0.3) is 11.1 Å². The number of halogens is 1. The molecule has 0 aliphatic carbocycles. The highest BCUT2D eigenvalue weighted by molar-refractivity contribution is 6.20. The summed E-state index contributed by atoms with van der Waals surface area (Å²) in [4.78, 5) is 4.23. The Hall–Kier alpha value is -1.02. The zero-order chi connectivity index (χ0) is 9.42. The molecule has 1 heterocycles. The zero-order valence-corrected chi connectivity index (χ0v) is 8.30. The fraction of sp³-hybridized carbons (Fsp3) is 0.300. The maximum atomic E-state index is 5.95. The molecule has 0 bridgehead atoms. The molecule has 0 aliphatic heterocycles. The summed E-state index contributed by atoms with van der Waals surface area (Å²) in [6.07, 6.45) is 0. The van der Waals surface area contributed by atoms with E-state index in [2.05, 4.69) is 4.98 Å². The zero-order valence-electron chi connectivity index (χ0n) is 7.54. The van der Waals surface area contributed by atoms with Gasteiger partial charge in [0, 0.05) is 6.92 Å². The van der Waals surface area contributed by atoms with Crippen LogP contribution in [0.4, 0.5) is 0 Å². The molecule has 0 fully saturated rings. The van der Waals surface area contributed by atoms with Gasteiger partial charge in [0.15, 0.2) is 11.5 Å². The van der Waals surface area contributed by atoms with Gasteiger partial charge in [-0.1, -0.05) is 6.07 Å². The molecule has 1 aromatic carbocycles. The Morgan fingerprint density at radius 1 is 1.46 bits per heavy atom. The lowest BCUT2D eigenvalue weighted by Gasteiger charge is -2.00. The van der Waals surface area contributed by atoms with Crippen molar-refractivity contribution in [2.24, 2.45) is 0 Å². The summed E-state index contributed by atoms with van der Waals surface area (Å²) in [7, 11) is 0. The largest absolute Gasteiger partial charge is 0.441 e. The van der Waals surface area contributed by atoms with E-state index in [1.807, 2.05) is 32.0 Å². The molecule has 0 spiro atoms. The Bertz CT molecular complexity index is 433. The lowest BCUT2D eigenvalue weighted by Crippen LogP contribution is -1.82. The fourth-order valence-corrected chi connectivity index (χ4v) is 1.44. The number of benzene rings is 1. The first-order valence-corrected chi connectivity index (χ1v) is 4.61. The molecule has 13 heavy (non-hydrogen) atoms. The van der Waals surface area contributed by atoms with E-state index < -0.39 is 0 Å². The second-order valence-corrected chi connectivity index (χ2v) is 3.73. The van der Waals surface area contributed by atoms with Crippen LogP contribution >= 0.6 is 11.6 Å². The number of oxazole rings is 1. The lowest BCUT2D eigenvalue weighted by atomic mass is 10.1. The predicted molar refractivity (Wildman–Crippen MR) is 53.0 cm³/mol. The minimum atomic E-state index is 0.0152. The minimum Gasteiger partial charge on any atom is -0.441 e. The van der Waals surface area contributed by atoms with Gasteiger partial charge in [0.25, 0.3) is 0 Å². The highest BCUT2D eigenvalue weighted by atomic mass is 35.5. The summed E-state index contributed by atoms with van der Waals surface area (Å²) in [5, 5.41) is 0.0152. The molecular formula is C10H10ClNO. The van der Waals surface area contributed by atoms with E-state index in [4.69, 9.17) is 16.0 Å². The first-order chi connectivity index (χ1) is 6.16. The van der Waals surface area contributed by atoms with Crippen molar-refractivity contribution in [2.75, 3.05) is 0 Å². The van der Waals surface area contributed by atoms with E-state index in [1.54, 1.807) is 0 Å². The lowest BCUT2D eigenvalue weighted by molar-refractivity contribution is 0.561. The molecule has 3 heteroatoms. The quantitative estimate of drug-likeness (QED) is 0.652. The topological polar surface area (TPSA) is 26.0 Å². The van der Waals surface area contributed by atoms with E-state index in [1.165, 1.54) is 0 Å². The van der Waals surface area contributed by atoms with Gasteiger partial charge in [-0.15, -0.1) is 11.6 Å². The van der Waals surface area contributed by atoms with Crippen molar-refractivity contribution in [2.45, 2.75) is 19.2 Å². The number of rotatable bonds is 1. The van der Waals surface area contributed by atoms with Gasteiger partial charge in [0.2, 0.25) is 0 Å². The van der Waals surface area contributed by atoms with Gasteiger partial charge in [-0.05, 0) is 24.6 Å². The summed E-state index contributed by atoms with van der Waals surface area (Å²) in [5.74, 6) is 0.689. The number of fused-ring (bicyclic) bond motifs is 1. The molecular weight excluding hydrogens is 186 g/mol. The van der Waals surface area contributed by atoms with E-state index in [9.17, 15) is 0 Å². The van der Waals surface area contributed by atoms with Crippen LogP contribution in [0.3, 0.4) is 0 Å². The molecule has 2 aromatic rings. The van der Waals surface area contributed by atoms with E-state index in [0.717, 1.165) is 16.7 Å². The standard InChI is InChI=1S/C10H10ClNO/c1-6(11)8-3-4-10-9(5-8)12-7(2)13-10/h3-6H,1-2H3. The summed E-state index contributed by atoms with van der Waals surface area (Å²) >= 11 is 5.95. The SMILES string of the molecule is Cc1nc2cc(C(C)Cl)ccc2o1. The average molecular weight is 196 g/mol. The van der Waals surface area contributed by atoms with Crippen LogP contribution in [0.2, 0.25) is 0 Å². The molecule has 1 aromatic heterocycles. The molecule has 0 saturated carbocycles. The first-order valence-electron chi connectivity index (χ1n) is 4.18. The van der Waals surface area contributed by atoms with Gasteiger partial charge in [-0.25, -0.2) is 4.98 Å². The molecule has 2 rings (SSSR count). The minimum absolute atomic E-state index is 0.0152. The van der Waals surface area contributed by atoms with Crippen LogP contribution in [0.1, 0.15) is 23.8 Å². The Morgan fingerprint density at radius 3 is 2.92 bits per heavy atom. The smallest absolute Gasteiger partial charge is 0.192 e. The number of nitrogens with zero attached hydrogens (tertiary/aromatic N) is 1. The third-order valence-electron chi connectivity index (χ3n) is 1.98.